The molecule has 1 unspecified atom stereocenters. The highest BCUT2D eigenvalue weighted by Crippen LogP contribution is 2.36. The minimum absolute atomic E-state index is 0.0938. The topological polar surface area (TPSA) is 76.6 Å². The van der Waals surface area contributed by atoms with Crippen LogP contribution < -0.4 is 10.5 Å². The van der Waals surface area contributed by atoms with Crippen molar-refractivity contribution in [3.63, 3.8) is 0 Å². The number of halogens is 3. The summed E-state index contributed by atoms with van der Waals surface area (Å²) < 4.78 is 39.7. The van der Waals surface area contributed by atoms with Gasteiger partial charge in [-0.3, -0.25) is 4.79 Å². The van der Waals surface area contributed by atoms with Gasteiger partial charge in [0.05, 0.1) is 24.3 Å². The maximum Gasteiger partial charge on any atom is 0.417 e. The molecule has 130 valence electrons. The van der Waals surface area contributed by atoms with Gasteiger partial charge >= 0.3 is 6.18 Å². The molecule has 1 aromatic heterocycles. The van der Waals surface area contributed by atoms with Crippen LogP contribution in [0.3, 0.4) is 0 Å². The van der Waals surface area contributed by atoms with E-state index in [4.69, 9.17) is 5.11 Å². The molecule has 2 atom stereocenters. The first-order valence-corrected chi connectivity index (χ1v) is 7.61. The lowest BCUT2D eigenvalue weighted by Gasteiger charge is -2.30. The third-order valence-electron chi connectivity index (χ3n) is 4.39. The second kappa shape index (κ2) is 6.10. The Labute approximate surface area is 135 Å². The molecular formula is C16H17F3N2O3. The van der Waals surface area contributed by atoms with Gasteiger partial charge in [-0.1, -0.05) is 0 Å². The van der Waals surface area contributed by atoms with Gasteiger partial charge in [-0.2, -0.15) is 13.2 Å². The Bertz CT molecular complexity index is 803. The van der Waals surface area contributed by atoms with Crippen LogP contribution in [0.25, 0.3) is 10.9 Å². The van der Waals surface area contributed by atoms with Crippen molar-refractivity contribution in [2.45, 2.75) is 31.2 Å². The van der Waals surface area contributed by atoms with Gasteiger partial charge in [0.2, 0.25) is 5.56 Å². The molecule has 1 aromatic carbocycles. The number of nitrogens with one attached hydrogen (secondary N) is 1. The monoisotopic (exact) mass is 342 g/mol. The zero-order valence-corrected chi connectivity index (χ0v) is 12.7. The summed E-state index contributed by atoms with van der Waals surface area (Å²) in [5.74, 6) is 0. The number of fused-ring (bicyclic) bond motifs is 1. The highest BCUT2D eigenvalue weighted by molar-refractivity contribution is 5.86. The van der Waals surface area contributed by atoms with Gasteiger partial charge in [-0.05, 0) is 31.0 Å². The van der Waals surface area contributed by atoms with E-state index in [1.807, 2.05) is 0 Å². The molecule has 1 saturated heterocycles. The molecule has 1 aliphatic heterocycles. The van der Waals surface area contributed by atoms with Crippen molar-refractivity contribution in [2.24, 2.45) is 0 Å². The third kappa shape index (κ3) is 2.99. The molecule has 1 fully saturated rings. The van der Waals surface area contributed by atoms with Crippen molar-refractivity contribution in [2.75, 3.05) is 18.1 Å². The second-order valence-corrected chi connectivity index (χ2v) is 5.93. The fourth-order valence-electron chi connectivity index (χ4n) is 3.29. The van der Waals surface area contributed by atoms with E-state index in [0.717, 1.165) is 6.42 Å². The lowest BCUT2D eigenvalue weighted by Crippen LogP contribution is -2.41. The van der Waals surface area contributed by atoms with Crippen LogP contribution in [0, 0.1) is 0 Å². The predicted molar refractivity (Wildman–Crippen MR) is 83.0 cm³/mol. The van der Waals surface area contributed by atoms with Crippen LogP contribution in [0.1, 0.15) is 18.4 Å². The quantitative estimate of drug-likeness (QED) is 0.796. The molecule has 0 spiro atoms. The van der Waals surface area contributed by atoms with Crippen molar-refractivity contribution in [1.29, 1.82) is 0 Å². The van der Waals surface area contributed by atoms with Crippen LogP contribution >= 0.6 is 0 Å². The molecule has 2 aromatic rings. The van der Waals surface area contributed by atoms with Gasteiger partial charge in [-0.15, -0.1) is 0 Å². The van der Waals surface area contributed by atoms with Crippen molar-refractivity contribution in [1.82, 2.24) is 4.98 Å². The SMILES string of the molecule is O=c1cc(C(F)(F)F)c2cc(N3CCCC3[C@@H](O)CO)ccc2[nH]1. The number of nitrogens with zero attached hydrogens (tertiary/aromatic N) is 1. The molecule has 3 N–H and O–H groups in total. The first kappa shape index (κ1) is 16.8. The average molecular weight is 342 g/mol. The summed E-state index contributed by atoms with van der Waals surface area (Å²) in [7, 11) is 0. The van der Waals surface area contributed by atoms with Crippen LogP contribution in [0.4, 0.5) is 18.9 Å². The summed E-state index contributed by atoms with van der Waals surface area (Å²) in [5, 5.41) is 19.0. The van der Waals surface area contributed by atoms with E-state index in [2.05, 4.69) is 4.98 Å². The van der Waals surface area contributed by atoms with E-state index in [0.29, 0.717) is 24.7 Å². The van der Waals surface area contributed by atoms with E-state index < -0.39 is 30.0 Å². The van der Waals surface area contributed by atoms with E-state index in [1.165, 1.54) is 12.1 Å². The van der Waals surface area contributed by atoms with Gasteiger partial charge < -0.3 is 20.1 Å². The van der Waals surface area contributed by atoms with E-state index in [9.17, 15) is 23.1 Å². The minimum atomic E-state index is -4.64. The molecule has 2 heterocycles. The molecule has 0 radical (unpaired) electrons. The predicted octanol–water partition coefficient (Wildman–Crippen LogP) is 1.87. The number of alkyl halides is 3. The number of hydrogen-bond acceptors (Lipinski definition) is 4. The summed E-state index contributed by atoms with van der Waals surface area (Å²) in [6.07, 6.45) is -4.17. The molecular weight excluding hydrogens is 325 g/mol. The number of aliphatic hydroxyl groups is 2. The zero-order valence-electron chi connectivity index (χ0n) is 12.7. The number of aromatic nitrogens is 1. The maximum absolute atomic E-state index is 13.2. The Kier molecular flexibility index (Phi) is 4.27. The minimum Gasteiger partial charge on any atom is -0.394 e. The van der Waals surface area contributed by atoms with Crippen LogP contribution in [-0.4, -0.2) is 40.5 Å². The molecule has 0 aliphatic carbocycles. The molecule has 24 heavy (non-hydrogen) atoms. The Balaban J connectivity index is 2.11. The largest absolute Gasteiger partial charge is 0.417 e. The summed E-state index contributed by atoms with van der Waals surface area (Å²) in [5.41, 5.74) is -1.16. The number of H-pyrrole nitrogens is 1. The number of aliphatic hydroxyl groups excluding tert-OH is 2. The van der Waals surface area contributed by atoms with Gasteiger partial charge in [0, 0.05) is 29.2 Å². The normalized spacial score (nSPS) is 19.9. The molecule has 0 bridgehead atoms. The fourth-order valence-corrected chi connectivity index (χ4v) is 3.29. The van der Waals surface area contributed by atoms with E-state index in [-0.39, 0.29) is 16.9 Å². The lowest BCUT2D eigenvalue weighted by atomic mass is 10.1. The molecule has 1 aliphatic rings. The Hall–Kier alpha value is -2.06. The molecule has 8 heteroatoms. The lowest BCUT2D eigenvalue weighted by molar-refractivity contribution is -0.136. The number of anilines is 1. The average Bonchev–Trinajstić information content (AvgIpc) is 3.01. The first-order chi connectivity index (χ1) is 11.3. The van der Waals surface area contributed by atoms with Crippen molar-refractivity contribution in [3.05, 3.63) is 40.2 Å². The number of hydrogen-bond donors (Lipinski definition) is 3. The molecule has 3 rings (SSSR count). The van der Waals surface area contributed by atoms with Gasteiger partial charge in [-0.25, -0.2) is 0 Å². The second-order valence-electron chi connectivity index (χ2n) is 5.93. The highest BCUT2D eigenvalue weighted by Gasteiger charge is 2.34. The molecule has 0 saturated carbocycles. The van der Waals surface area contributed by atoms with Crippen molar-refractivity contribution >= 4 is 16.6 Å². The number of pyridine rings is 1. The van der Waals surface area contributed by atoms with E-state index in [1.54, 1.807) is 11.0 Å². The first-order valence-electron chi connectivity index (χ1n) is 7.61. The third-order valence-corrected chi connectivity index (χ3v) is 4.39. The Morgan fingerprint density at radius 2 is 2.08 bits per heavy atom. The van der Waals surface area contributed by atoms with Crippen LogP contribution in [0.15, 0.2) is 29.1 Å². The molecule has 5 nitrogen and oxygen atoms in total. The summed E-state index contributed by atoms with van der Waals surface area (Å²) >= 11 is 0. The highest BCUT2D eigenvalue weighted by atomic mass is 19.4. The number of rotatable bonds is 3. The van der Waals surface area contributed by atoms with E-state index >= 15 is 0 Å². The number of benzene rings is 1. The smallest absolute Gasteiger partial charge is 0.394 e. The van der Waals surface area contributed by atoms with Crippen molar-refractivity contribution in [3.8, 4) is 0 Å². The Morgan fingerprint density at radius 3 is 2.75 bits per heavy atom. The summed E-state index contributed by atoms with van der Waals surface area (Å²) in [4.78, 5) is 15.6. The van der Waals surface area contributed by atoms with Crippen molar-refractivity contribution < 1.29 is 23.4 Å². The standard InChI is InChI=1S/C16H17F3N2O3/c17-16(18,19)11-7-15(24)20-12-4-3-9(6-10(11)12)21-5-1-2-13(21)14(23)8-22/h3-4,6-7,13-14,22-23H,1-2,5,8H2,(H,20,24)/t13?,14-/m0/s1. The Morgan fingerprint density at radius 1 is 1.33 bits per heavy atom. The summed E-state index contributed by atoms with van der Waals surface area (Å²) in [6.45, 7) is 0.174. The molecule has 0 amide bonds. The van der Waals surface area contributed by atoms with Gasteiger partial charge in [0.15, 0.2) is 0 Å². The zero-order chi connectivity index (χ0) is 17.5. The van der Waals surface area contributed by atoms with Crippen LogP contribution in [-0.2, 0) is 6.18 Å². The van der Waals surface area contributed by atoms with Crippen LogP contribution in [0.5, 0.6) is 0 Å². The maximum atomic E-state index is 13.2. The van der Waals surface area contributed by atoms with Crippen LogP contribution in [0.2, 0.25) is 0 Å². The summed E-state index contributed by atoms with van der Waals surface area (Å²) in [6, 6.07) is 4.62. The fraction of sp³-hybridized carbons (Fsp3) is 0.438. The van der Waals surface area contributed by atoms with Gasteiger partial charge in [0.25, 0.3) is 0 Å². The van der Waals surface area contributed by atoms with Gasteiger partial charge in [0.1, 0.15) is 0 Å². The number of aromatic amines is 1.